The molecular weight excluding hydrogens is 260 g/mol. The van der Waals surface area contributed by atoms with Crippen LogP contribution in [0.1, 0.15) is 12.5 Å². The quantitative estimate of drug-likeness (QED) is 0.356. The van der Waals surface area contributed by atoms with Crippen molar-refractivity contribution in [3.05, 3.63) is 23.8 Å². The van der Waals surface area contributed by atoms with E-state index in [0.29, 0.717) is 0 Å². The Labute approximate surface area is 106 Å². The molecule has 1 atom stereocenters. The summed E-state index contributed by atoms with van der Waals surface area (Å²) in [6.07, 6.45) is -0.483. The first kappa shape index (κ1) is 16.6. The Bertz CT molecular complexity index is 479. The molecule has 5 N–H and O–H groups in total. The zero-order chi connectivity index (χ0) is 14.5. The summed E-state index contributed by atoms with van der Waals surface area (Å²) in [5, 5.41) is 9.33. The van der Waals surface area contributed by atoms with Crippen LogP contribution in [0.2, 0.25) is 0 Å². The number of anilines is 2. The molecule has 1 unspecified atom stereocenters. The number of benzene rings is 1. The van der Waals surface area contributed by atoms with E-state index >= 15 is 0 Å². The maximum Gasteiger partial charge on any atom is 0.394 e. The van der Waals surface area contributed by atoms with Crippen molar-refractivity contribution in [2.24, 2.45) is 0 Å². The fourth-order valence-corrected chi connectivity index (χ4v) is 1.09. The van der Waals surface area contributed by atoms with Crippen LogP contribution < -0.4 is 10.6 Å². The van der Waals surface area contributed by atoms with Gasteiger partial charge in [0, 0.05) is 18.4 Å². The highest BCUT2D eigenvalue weighted by molar-refractivity contribution is 7.79. The maximum absolute atomic E-state index is 9.33. The number of aliphatic hydroxyl groups excluding tert-OH is 1. The molecule has 0 aromatic heterocycles. The Morgan fingerprint density at radius 3 is 2.11 bits per heavy atom. The third kappa shape index (κ3) is 7.07. The van der Waals surface area contributed by atoms with Crippen LogP contribution >= 0.6 is 0 Å². The van der Waals surface area contributed by atoms with Gasteiger partial charge in [0.15, 0.2) is 0 Å². The van der Waals surface area contributed by atoms with Gasteiger partial charge in [-0.2, -0.15) is 8.42 Å². The average Bonchev–Trinajstić information content (AvgIpc) is 2.18. The molecule has 0 bridgehead atoms. The van der Waals surface area contributed by atoms with Crippen molar-refractivity contribution in [2.45, 2.75) is 20.1 Å². The largest absolute Gasteiger partial charge is 0.399 e. The fraction of sp³-hybridized carbons (Fsp3) is 0.400. The van der Waals surface area contributed by atoms with Crippen LogP contribution in [0.25, 0.3) is 0 Å². The summed E-state index contributed by atoms with van der Waals surface area (Å²) in [7, 11) is -2.82. The summed E-state index contributed by atoms with van der Waals surface area (Å²) < 4.78 is 31.6. The molecule has 0 aliphatic carbocycles. The predicted molar refractivity (Wildman–Crippen MR) is 69.9 cm³/mol. The van der Waals surface area contributed by atoms with Gasteiger partial charge in [-0.15, -0.1) is 0 Å². The van der Waals surface area contributed by atoms with Crippen LogP contribution in [0, 0.1) is 6.92 Å². The van der Waals surface area contributed by atoms with Crippen LogP contribution in [-0.4, -0.2) is 35.9 Å². The molecule has 18 heavy (non-hydrogen) atoms. The van der Waals surface area contributed by atoms with Gasteiger partial charge in [-0.25, -0.2) is 0 Å². The lowest BCUT2D eigenvalue weighted by Gasteiger charge is -2.23. The summed E-state index contributed by atoms with van der Waals surface area (Å²) >= 11 is 0. The van der Waals surface area contributed by atoms with Crippen molar-refractivity contribution in [3.63, 3.8) is 0 Å². The van der Waals surface area contributed by atoms with Gasteiger partial charge in [0.1, 0.15) is 6.23 Å². The number of aliphatic hydroxyl groups is 1. The zero-order valence-corrected chi connectivity index (χ0v) is 11.2. The van der Waals surface area contributed by atoms with Crippen LogP contribution in [0.15, 0.2) is 18.2 Å². The normalized spacial score (nSPS) is 12.3. The molecule has 0 saturated carbocycles. The van der Waals surface area contributed by atoms with Gasteiger partial charge < -0.3 is 15.7 Å². The molecule has 0 aliphatic rings. The second-order valence-corrected chi connectivity index (χ2v) is 4.63. The average molecular weight is 278 g/mol. The number of nitrogens with zero attached hydrogens (tertiary/aromatic N) is 1. The summed E-state index contributed by atoms with van der Waals surface area (Å²) in [5.74, 6) is 0. The van der Waals surface area contributed by atoms with Gasteiger partial charge in [-0.1, -0.05) is 0 Å². The number of hydrogen-bond acceptors (Lipinski definition) is 5. The van der Waals surface area contributed by atoms with E-state index in [2.05, 4.69) is 0 Å². The van der Waals surface area contributed by atoms with E-state index in [0.717, 1.165) is 16.9 Å². The lowest BCUT2D eigenvalue weighted by molar-refractivity contribution is 0.195. The minimum Gasteiger partial charge on any atom is -0.399 e. The lowest BCUT2D eigenvalue weighted by Crippen LogP contribution is -2.28. The van der Waals surface area contributed by atoms with Gasteiger partial charge in [-0.05, 0) is 37.6 Å². The molecule has 0 radical (unpaired) electrons. The first-order valence-electron chi connectivity index (χ1n) is 4.99. The maximum atomic E-state index is 9.33. The van der Waals surface area contributed by atoms with Crippen molar-refractivity contribution < 1.29 is 22.6 Å². The van der Waals surface area contributed by atoms with E-state index < -0.39 is 16.6 Å². The molecule has 104 valence electrons. The molecule has 7 nitrogen and oxygen atoms in total. The van der Waals surface area contributed by atoms with E-state index in [1.807, 2.05) is 32.2 Å². The molecule has 0 amide bonds. The second-order valence-electron chi connectivity index (χ2n) is 3.73. The molecule has 0 saturated heterocycles. The smallest absolute Gasteiger partial charge is 0.394 e. The second kappa shape index (κ2) is 6.55. The molecule has 1 aromatic rings. The van der Waals surface area contributed by atoms with Gasteiger partial charge in [0.05, 0.1) is 0 Å². The van der Waals surface area contributed by atoms with Crippen LogP contribution in [-0.2, 0) is 10.4 Å². The van der Waals surface area contributed by atoms with Crippen molar-refractivity contribution in [2.75, 3.05) is 17.7 Å². The predicted octanol–water partition coefficient (Wildman–Crippen LogP) is 0.699. The van der Waals surface area contributed by atoms with E-state index in [1.54, 1.807) is 11.8 Å². The number of nitrogen functional groups attached to an aromatic ring is 1. The van der Waals surface area contributed by atoms with Gasteiger partial charge >= 0.3 is 10.4 Å². The first-order valence-corrected chi connectivity index (χ1v) is 6.39. The molecule has 0 heterocycles. The summed E-state index contributed by atoms with van der Waals surface area (Å²) in [5.41, 5.74) is 8.47. The molecule has 8 heteroatoms. The third-order valence-electron chi connectivity index (χ3n) is 2.22. The zero-order valence-electron chi connectivity index (χ0n) is 10.4. The monoisotopic (exact) mass is 278 g/mol. The lowest BCUT2D eigenvalue weighted by atomic mass is 10.1. The molecule has 1 aromatic carbocycles. The number of hydrogen-bond donors (Lipinski definition) is 4. The molecule has 0 fully saturated rings. The molecule has 0 spiro atoms. The standard InChI is InChI=1S/C10H16N2O.H2O4S/c1-7-6-9(4-5-10(7)11)12(3)8(2)13;1-5(2,3)4/h4-6,8,13H,11H2,1-3H3;(H2,1,2,3,4). The topological polar surface area (TPSA) is 124 Å². The fourth-order valence-electron chi connectivity index (χ4n) is 1.09. The van der Waals surface area contributed by atoms with E-state index in [9.17, 15) is 5.11 Å². The van der Waals surface area contributed by atoms with E-state index in [-0.39, 0.29) is 0 Å². The van der Waals surface area contributed by atoms with Crippen LogP contribution in [0.3, 0.4) is 0 Å². The minimum absolute atomic E-state index is 0.483. The number of aryl methyl sites for hydroxylation is 1. The highest BCUT2D eigenvalue weighted by atomic mass is 32.3. The summed E-state index contributed by atoms with van der Waals surface area (Å²) in [6, 6.07) is 5.71. The Balaban J connectivity index is 0.000000494. The highest BCUT2D eigenvalue weighted by Gasteiger charge is 2.06. The van der Waals surface area contributed by atoms with Crippen LogP contribution in [0.4, 0.5) is 11.4 Å². The minimum atomic E-state index is -4.67. The Hall–Kier alpha value is -1.35. The van der Waals surface area contributed by atoms with Crippen molar-refractivity contribution in [1.82, 2.24) is 0 Å². The Kier molecular flexibility index (Phi) is 6.06. The van der Waals surface area contributed by atoms with E-state index in [1.165, 1.54) is 0 Å². The van der Waals surface area contributed by atoms with Crippen molar-refractivity contribution >= 4 is 21.8 Å². The summed E-state index contributed by atoms with van der Waals surface area (Å²) in [4.78, 5) is 1.78. The third-order valence-corrected chi connectivity index (χ3v) is 2.22. The molecule has 0 aliphatic heterocycles. The summed E-state index contributed by atoms with van der Waals surface area (Å²) in [6.45, 7) is 3.68. The Morgan fingerprint density at radius 2 is 1.78 bits per heavy atom. The van der Waals surface area contributed by atoms with Crippen molar-refractivity contribution in [3.8, 4) is 0 Å². The van der Waals surface area contributed by atoms with Gasteiger partial charge in [0.25, 0.3) is 0 Å². The molecule has 1 rings (SSSR count). The van der Waals surface area contributed by atoms with Crippen LogP contribution in [0.5, 0.6) is 0 Å². The SMILES string of the molecule is Cc1cc(N(C)C(C)O)ccc1N.O=S(=O)(O)O. The van der Waals surface area contributed by atoms with E-state index in [4.69, 9.17) is 23.3 Å². The van der Waals surface area contributed by atoms with Crippen molar-refractivity contribution in [1.29, 1.82) is 0 Å². The number of rotatable bonds is 2. The van der Waals surface area contributed by atoms with Gasteiger partial charge in [0.2, 0.25) is 0 Å². The molecular formula is C10H18N2O5S. The highest BCUT2D eigenvalue weighted by Crippen LogP contribution is 2.20. The first-order chi connectivity index (χ1) is 8.02. The number of nitrogens with two attached hydrogens (primary N) is 1. The Morgan fingerprint density at radius 1 is 1.33 bits per heavy atom. The van der Waals surface area contributed by atoms with Gasteiger partial charge in [-0.3, -0.25) is 9.11 Å².